The van der Waals surface area contributed by atoms with E-state index in [-0.39, 0.29) is 12.3 Å². The molecule has 0 saturated carbocycles. The number of carbonyl (C=O) groups is 1. The zero-order valence-corrected chi connectivity index (χ0v) is 14.6. The Kier molecular flexibility index (Phi) is 5.62. The third kappa shape index (κ3) is 4.43. The molecule has 0 aliphatic heterocycles. The van der Waals surface area contributed by atoms with Crippen LogP contribution in [0.1, 0.15) is 11.3 Å². The highest BCUT2D eigenvalue weighted by Gasteiger charge is 2.10. The van der Waals surface area contributed by atoms with Gasteiger partial charge < -0.3 is 5.32 Å². The molecule has 0 saturated heterocycles. The largest absolute Gasteiger partial charge is 0.355 e. The lowest BCUT2D eigenvalue weighted by Crippen LogP contribution is -2.27. The van der Waals surface area contributed by atoms with Crippen molar-refractivity contribution in [1.29, 1.82) is 0 Å². The van der Waals surface area contributed by atoms with Crippen LogP contribution >= 0.6 is 22.9 Å². The minimum absolute atomic E-state index is 0.0121. The van der Waals surface area contributed by atoms with E-state index in [1.807, 2.05) is 47.8 Å². The number of aromatic nitrogens is 1. The van der Waals surface area contributed by atoms with Crippen LogP contribution < -0.4 is 5.32 Å². The van der Waals surface area contributed by atoms with Crippen molar-refractivity contribution >= 4 is 28.8 Å². The van der Waals surface area contributed by atoms with Gasteiger partial charge in [-0.1, -0.05) is 60.1 Å². The van der Waals surface area contributed by atoms with Gasteiger partial charge in [0.1, 0.15) is 5.01 Å². The first kappa shape index (κ1) is 16.7. The molecule has 24 heavy (non-hydrogen) atoms. The average Bonchev–Trinajstić information content (AvgIpc) is 3.04. The van der Waals surface area contributed by atoms with Gasteiger partial charge in [-0.15, -0.1) is 11.3 Å². The zero-order valence-electron chi connectivity index (χ0n) is 13.0. The van der Waals surface area contributed by atoms with Crippen molar-refractivity contribution < 1.29 is 4.79 Å². The summed E-state index contributed by atoms with van der Waals surface area (Å²) in [5.41, 5.74) is 2.89. The molecule has 0 bridgehead atoms. The second-order valence-electron chi connectivity index (χ2n) is 5.39. The highest BCUT2D eigenvalue weighted by atomic mass is 35.5. The van der Waals surface area contributed by atoms with Crippen LogP contribution in [0, 0.1) is 0 Å². The van der Waals surface area contributed by atoms with Crippen LogP contribution in [-0.2, 0) is 17.6 Å². The summed E-state index contributed by atoms with van der Waals surface area (Å²) in [4.78, 5) is 16.6. The molecule has 1 aromatic heterocycles. The summed E-state index contributed by atoms with van der Waals surface area (Å²) >= 11 is 7.69. The van der Waals surface area contributed by atoms with Gasteiger partial charge in [0, 0.05) is 17.5 Å². The van der Waals surface area contributed by atoms with Crippen molar-refractivity contribution in [2.24, 2.45) is 0 Å². The molecule has 122 valence electrons. The molecular formula is C19H17ClN2OS. The predicted octanol–water partition coefficient (Wildman–Crippen LogP) is 4.36. The summed E-state index contributed by atoms with van der Waals surface area (Å²) < 4.78 is 0. The molecule has 0 aliphatic carbocycles. The Balaban J connectivity index is 1.53. The number of halogens is 1. The molecule has 3 rings (SSSR count). The highest BCUT2D eigenvalue weighted by Crippen LogP contribution is 2.30. The van der Waals surface area contributed by atoms with Crippen molar-refractivity contribution in [2.45, 2.75) is 12.8 Å². The number of rotatable bonds is 6. The first-order valence-electron chi connectivity index (χ1n) is 7.72. The number of hydrogen-bond donors (Lipinski definition) is 1. The van der Waals surface area contributed by atoms with E-state index in [4.69, 9.17) is 11.6 Å². The van der Waals surface area contributed by atoms with Gasteiger partial charge in [0.15, 0.2) is 0 Å². The summed E-state index contributed by atoms with van der Waals surface area (Å²) in [6.07, 6.45) is 1.12. The number of nitrogens with one attached hydrogen (secondary N) is 1. The standard InChI is InChI=1S/C19H17ClN2OS/c20-17-9-5-4-8-16(17)19-22-15(13-24-19)12-18(23)21-11-10-14-6-2-1-3-7-14/h1-9,13H,10-12H2,(H,21,23). The third-order valence-electron chi connectivity index (χ3n) is 3.58. The van der Waals surface area contributed by atoms with E-state index in [1.165, 1.54) is 16.9 Å². The van der Waals surface area contributed by atoms with Crippen molar-refractivity contribution in [3.05, 3.63) is 76.3 Å². The van der Waals surface area contributed by atoms with Gasteiger partial charge >= 0.3 is 0 Å². The molecule has 0 spiro atoms. The van der Waals surface area contributed by atoms with Gasteiger partial charge in [0.2, 0.25) is 5.91 Å². The monoisotopic (exact) mass is 356 g/mol. The minimum atomic E-state index is -0.0121. The SMILES string of the molecule is O=C(Cc1csc(-c2ccccc2Cl)n1)NCCc1ccccc1. The molecule has 0 fully saturated rings. The lowest BCUT2D eigenvalue weighted by molar-refractivity contribution is -0.120. The van der Waals surface area contributed by atoms with E-state index in [1.54, 1.807) is 0 Å². The van der Waals surface area contributed by atoms with Gasteiger partial charge in [-0.3, -0.25) is 4.79 Å². The summed E-state index contributed by atoms with van der Waals surface area (Å²) in [6, 6.07) is 17.7. The van der Waals surface area contributed by atoms with Gasteiger partial charge in [0.05, 0.1) is 17.1 Å². The molecule has 1 heterocycles. The Morgan fingerprint density at radius 2 is 1.83 bits per heavy atom. The maximum absolute atomic E-state index is 12.0. The Bertz CT molecular complexity index is 817. The van der Waals surface area contributed by atoms with Crippen molar-refractivity contribution in [3.8, 4) is 10.6 Å². The van der Waals surface area contributed by atoms with Crippen LogP contribution in [0.4, 0.5) is 0 Å². The lowest BCUT2D eigenvalue weighted by atomic mass is 10.1. The molecule has 5 heteroatoms. The predicted molar refractivity (Wildman–Crippen MR) is 99.4 cm³/mol. The number of thiazole rings is 1. The van der Waals surface area contributed by atoms with Crippen LogP contribution in [-0.4, -0.2) is 17.4 Å². The van der Waals surface area contributed by atoms with E-state index in [0.29, 0.717) is 11.6 Å². The van der Waals surface area contributed by atoms with Crippen molar-refractivity contribution in [2.75, 3.05) is 6.54 Å². The highest BCUT2D eigenvalue weighted by molar-refractivity contribution is 7.13. The maximum Gasteiger partial charge on any atom is 0.226 e. The van der Waals surface area contributed by atoms with Crippen molar-refractivity contribution in [3.63, 3.8) is 0 Å². The minimum Gasteiger partial charge on any atom is -0.355 e. The molecule has 3 nitrogen and oxygen atoms in total. The molecule has 0 unspecified atom stereocenters. The fourth-order valence-electron chi connectivity index (χ4n) is 2.36. The summed E-state index contributed by atoms with van der Waals surface area (Å²) in [5, 5.41) is 6.36. The number of carbonyl (C=O) groups excluding carboxylic acids is 1. The van der Waals surface area contributed by atoms with E-state index >= 15 is 0 Å². The summed E-state index contributed by atoms with van der Waals surface area (Å²) in [7, 11) is 0. The number of benzene rings is 2. The average molecular weight is 357 g/mol. The van der Waals surface area contributed by atoms with E-state index in [9.17, 15) is 4.79 Å². The van der Waals surface area contributed by atoms with E-state index in [2.05, 4.69) is 22.4 Å². The topological polar surface area (TPSA) is 42.0 Å². The van der Waals surface area contributed by atoms with Crippen LogP contribution in [0.2, 0.25) is 5.02 Å². The number of nitrogens with zero attached hydrogens (tertiary/aromatic N) is 1. The Morgan fingerprint density at radius 1 is 1.08 bits per heavy atom. The second kappa shape index (κ2) is 8.08. The molecule has 0 aliphatic rings. The number of hydrogen-bond acceptors (Lipinski definition) is 3. The summed E-state index contributed by atoms with van der Waals surface area (Å²) in [5.74, 6) is -0.0121. The normalized spacial score (nSPS) is 10.5. The lowest BCUT2D eigenvalue weighted by Gasteiger charge is -2.04. The quantitative estimate of drug-likeness (QED) is 0.712. The van der Waals surface area contributed by atoms with Gasteiger partial charge in [0.25, 0.3) is 0 Å². The summed E-state index contributed by atoms with van der Waals surface area (Å²) in [6.45, 7) is 0.629. The molecule has 2 aromatic carbocycles. The van der Waals surface area contributed by atoms with Crippen LogP contribution in [0.5, 0.6) is 0 Å². The van der Waals surface area contributed by atoms with Gasteiger partial charge in [-0.25, -0.2) is 4.98 Å². The van der Waals surface area contributed by atoms with Gasteiger partial charge in [-0.05, 0) is 18.1 Å². The van der Waals surface area contributed by atoms with Crippen LogP contribution in [0.25, 0.3) is 10.6 Å². The smallest absolute Gasteiger partial charge is 0.226 e. The molecule has 1 amide bonds. The Morgan fingerprint density at radius 3 is 2.62 bits per heavy atom. The molecule has 1 N–H and O–H groups in total. The molecule has 0 atom stereocenters. The van der Waals surface area contributed by atoms with E-state index in [0.717, 1.165) is 22.7 Å². The second-order valence-corrected chi connectivity index (χ2v) is 6.65. The molecule has 3 aromatic rings. The van der Waals surface area contributed by atoms with E-state index < -0.39 is 0 Å². The third-order valence-corrected chi connectivity index (χ3v) is 4.83. The molecule has 0 radical (unpaired) electrons. The molecular weight excluding hydrogens is 340 g/mol. The van der Waals surface area contributed by atoms with Gasteiger partial charge in [-0.2, -0.15) is 0 Å². The van der Waals surface area contributed by atoms with Crippen LogP contribution in [0.15, 0.2) is 60.0 Å². The number of amides is 1. The Hall–Kier alpha value is -2.17. The fourth-order valence-corrected chi connectivity index (χ4v) is 3.50. The fraction of sp³-hybridized carbons (Fsp3) is 0.158. The van der Waals surface area contributed by atoms with Crippen molar-refractivity contribution in [1.82, 2.24) is 10.3 Å². The first-order chi connectivity index (χ1) is 11.7. The zero-order chi connectivity index (χ0) is 16.8. The Labute approximate surface area is 150 Å². The van der Waals surface area contributed by atoms with Crippen LogP contribution in [0.3, 0.4) is 0 Å². The first-order valence-corrected chi connectivity index (χ1v) is 8.98. The maximum atomic E-state index is 12.0.